The summed E-state index contributed by atoms with van der Waals surface area (Å²) < 4.78 is 40.1. The number of guanidine groups is 1. The minimum atomic E-state index is -4.72. The summed E-state index contributed by atoms with van der Waals surface area (Å²) in [5.41, 5.74) is 6.83. The highest BCUT2D eigenvalue weighted by Gasteiger charge is 2.30. The van der Waals surface area contributed by atoms with Gasteiger partial charge < -0.3 is 21.1 Å². The number of aliphatic imine (C=N–C) groups is 1. The molecule has 0 saturated heterocycles. The molecule has 7 nitrogen and oxygen atoms in total. The lowest BCUT2D eigenvalue weighted by molar-refractivity contribution is -0.274. The highest BCUT2D eigenvalue weighted by molar-refractivity contribution is 14.0. The fourth-order valence-corrected chi connectivity index (χ4v) is 1.99. The number of pyridine rings is 1. The summed E-state index contributed by atoms with van der Waals surface area (Å²) in [6, 6.07) is 8.65. The Morgan fingerprint density at radius 3 is 2.43 bits per heavy atom. The summed E-state index contributed by atoms with van der Waals surface area (Å²) in [6.07, 6.45) is -1.68. The molecule has 0 fully saturated rings. The predicted molar refractivity (Wildman–Crippen MR) is 108 cm³/mol. The van der Waals surface area contributed by atoms with Crippen molar-refractivity contribution in [1.29, 1.82) is 0 Å². The van der Waals surface area contributed by atoms with Gasteiger partial charge >= 0.3 is 6.36 Å². The van der Waals surface area contributed by atoms with Crippen LogP contribution >= 0.6 is 24.0 Å². The van der Waals surface area contributed by atoms with Crippen molar-refractivity contribution < 1.29 is 22.7 Å². The fourth-order valence-electron chi connectivity index (χ4n) is 1.99. The Kier molecular flexibility index (Phi) is 9.48. The molecule has 11 heteroatoms. The van der Waals surface area contributed by atoms with E-state index in [1.807, 2.05) is 0 Å². The zero-order valence-corrected chi connectivity index (χ0v) is 16.9. The zero-order valence-electron chi connectivity index (χ0n) is 14.6. The number of benzene rings is 1. The van der Waals surface area contributed by atoms with Crippen molar-refractivity contribution in [3.8, 4) is 5.75 Å². The van der Waals surface area contributed by atoms with Crippen LogP contribution < -0.4 is 21.1 Å². The van der Waals surface area contributed by atoms with E-state index in [1.165, 1.54) is 30.5 Å². The number of hydrogen-bond acceptors (Lipinski definition) is 4. The first-order valence-electron chi connectivity index (χ1n) is 7.90. The summed E-state index contributed by atoms with van der Waals surface area (Å²) in [7, 11) is 0. The van der Waals surface area contributed by atoms with Gasteiger partial charge in [-0.05, 0) is 29.8 Å². The topological polar surface area (TPSA) is 102 Å². The Bertz CT molecular complexity index is 771. The number of ether oxygens (including phenoxy) is 1. The van der Waals surface area contributed by atoms with Gasteiger partial charge in [-0.3, -0.25) is 9.78 Å². The summed E-state index contributed by atoms with van der Waals surface area (Å²) in [4.78, 5) is 19.7. The molecule has 1 amide bonds. The van der Waals surface area contributed by atoms with E-state index in [4.69, 9.17) is 5.73 Å². The lowest BCUT2D eigenvalue weighted by atomic mass is 10.2. The van der Waals surface area contributed by atoms with Crippen molar-refractivity contribution in [1.82, 2.24) is 15.6 Å². The lowest BCUT2D eigenvalue weighted by Gasteiger charge is -2.09. The van der Waals surface area contributed by atoms with Crippen LogP contribution in [0.25, 0.3) is 0 Å². The van der Waals surface area contributed by atoms with E-state index in [0.29, 0.717) is 24.2 Å². The van der Waals surface area contributed by atoms with Gasteiger partial charge in [-0.1, -0.05) is 12.1 Å². The summed E-state index contributed by atoms with van der Waals surface area (Å²) in [6.45, 7) is 0.875. The number of hydrogen-bond donors (Lipinski definition) is 3. The minimum absolute atomic E-state index is 0. The van der Waals surface area contributed by atoms with E-state index in [1.54, 1.807) is 18.3 Å². The molecule has 28 heavy (non-hydrogen) atoms. The van der Waals surface area contributed by atoms with Crippen LogP contribution in [0.3, 0.4) is 0 Å². The van der Waals surface area contributed by atoms with Crippen molar-refractivity contribution in [2.45, 2.75) is 12.9 Å². The third kappa shape index (κ3) is 8.88. The molecule has 0 aliphatic heterocycles. The van der Waals surface area contributed by atoms with Gasteiger partial charge in [0, 0.05) is 25.5 Å². The maximum absolute atomic E-state index is 12.1. The molecule has 0 aliphatic carbocycles. The van der Waals surface area contributed by atoms with Crippen LogP contribution in [-0.4, -0.2) is 36.3 Å². The predicted octanol–water partition coefficient (Wildman–Crippen LogP) is 2.43. The molecule has 0 aliphatic rings. The number of carbonyl (C=O) groups excluding carboxylic acids is 1. The SMILES string of the molecule is I.NC(=NCc1ccc(OC(F)(F)F)cc1)NCCNC(=O)c1cccnc1. The molecule has 0 unspecified atom stereocenters. The number of nitrogens with one attached hydrogen (secondary N) is 2. The lowest BCUT2D eigenvalue weighted by Crippen LogP contribution is -2.38. The van der Waals surface area contributed by atoms with Gasteiger partial charge in [-0.25, -0.2) is 4.99 Å². The van der Waals surface area contributed by atoms with E-state index in [2.05, 4.69) is 25.3 Å². The van der Waals surface area contributed by atoms with Gasteiger partial charge in [0.25, 0.3) is 5.91 Å². The van der Waals surface area contributed by atoms with E-state index < -0.39 is 6.36 Å². The molecule has 0 atom stereocenters. The summed E-state index contributed by atoms with van der Waals surface area (Å²) in [5.74, 6) is -0.395. The van der Waals surface area contributed by atoms with Crippen molar-refractivity contribution in [2.24, 2.45) is 10.7 Å². The Morgan fingerprint density at radius 1 is 1.14 bits per heavy atom. The molecule has 0 bridgehead atoms. The molecule has 0 radical (unpaired) electrons. The maximum Gasteiger partial charge on any atom is 0.573 e. The average Bonchev–Trinajstić information content (AvgIpc) is 2.64. The highest BCUT2D eigenvalue weighted by atomic mass is 127. The first-order chi connectivity index (χ1) is 12.8. The average molecular weight is 509 g/mol. The number of rotatable bonds is 7. The van der Waals surface area contributed by atoms with Crippen LogP contribution in [0.15, 0.2) is 53.8 Å². The molecule has 1 heterocycles. The van der Waals surface area contributed by atoms with Crippen LogP contribution in [0.1, 0.15) is 15.9 Å². The Labute approximate surface area is 176 Å². The van der Waals surface area contributed by atoms with Crippen molar-refractivity contribution in [2.75, 3.05) is 13.1 Å². The van der Waals surface area contributed by atoms with Crippen molar-refractivity contribution in [3.63, 3.8) is 0 Å². The molecule has 0 saturated carbocycles. The van der Waals surface area contributed by atoms with Crippen LogP contribution in [-0.2, 0) is 6.54 Å². The van der Waals surface area contributed by atoms with Crippen molar-refractivity contribution in [3.05, 3.63) is 59.9 Å². The van der Waals surface area contributed by atoms with E-state index in [0.717, 1.165) is 0 Å². The molecule has 1 aromatic carbocycles. The van der Waals surface area contributed by atoms with E-state index in [-0.39, 0.29) is 48.1 Å². The van der Waals surface area contributed by atoms with Crippen LogP contribution in [0.2, 0.25) is 0 Å². The standard InChI is InChI=1S/C17H18F3N5O2.HI/c18-17(19,20)27-14-5-3-12(4-6-14)10-25-16(21)24-9-8-23-15(26)13-2-1-7-22-11-13;/h1-7,11H,8-10H2,(H,23,26)(H3,21,24,25);1H. The number of nitrogens with two attached hydrogens (primary N) is 1. The normalized spacial score (nSPS) is 11.3. The van der Waals surface area contributed by atoms with E-state index >= 15 is 0 Å². The fraction of sp³-hybridized carbons (Fsp3) is 0.235. The summed E-state index contributed by atoms with van der Waals surface area (Å²) >= 11 is 0. The second-order valence-electron chi connectivity index (χ2n) is 5.32. The first-order valence-corrected chi connectivity index (χ1v) is 7.90. The smallest absolute Gasteiger partial charge is 0.406 e. The largest absolute Gasteiger partial charge is 0.573 e. The molecular weight excluding hydrogens is 490 g/mol. The molecule has 152 valence electrons. The molecule has 0 spiro atoms. The van der Waals surface area contributed by atoms with Crippen LogP contribution in [0.4, 0.5) is 13.2 Å². The van der Waals surface area contributed by atoms with Crippen LogP contribution in [0.5, 0.6) is 5.75 Å². The first kappa shape index (κ1) is 23.5. The van der Waals surface area contributed by atoms with Crippen LogP contribution in [0, 0.1) is 0 Å². The number of carbonyl (C=O) groups is 1. The molecule has 4 N–H and O–H groups in total. The Balaban J connectivity index is 0.00000392. The number of nitrogens with zero attached hydrogens (tertiary/aromatic N) is 2. The number of amides is 1. The highest BCUT2D eigenvalue weighted by Crippen LogP contribution is 2.22. The van der Waals surface area contributed by atoms with Gasteiger partial charge in [0.2, 0.25) is 0 Å². The summed E-state index contributed by atoms with van der Waals surface area (Å²) in [5, 5.41) is 5.52. The maximum atomic E-state index is 12.1. The molecular formula is C17H19F3IN5O2. The van der Waals surface area contributed by atoms with Gasteiger partial charge in [-0.15, -0.1) is 37.1 Å². The van der Waals surface area contributed by atoms with Gasteiger partial charge in [0.05, 0.1) is 12.1 Å². The Hall–Kier alpha value is -2.57. The number of aromatic nitrogens is 1. The third-order valence-corrected chi connectivity index (χ3v) is 3.23. The number of halogens is 4. The molecule has 1 aromatic heterocycles. The van der Waals surface area contributed by atoms with Crippen molar-refractivity contribution >= 4 is 35.8 Å². The quantitative estimate of drug-likeness (QED) is 0.231. The number of alkyl halides is 3. The Morgan fingerprint density at radius 2 is 1.82 bits per heavy atom. The van der Waals surface area contributed by atoms with Gasteiger partial charge in [0.1, 0.15) is 5.75 Å². The monoisotopic (exact) mass is 509 g/mol. The molecule has 2 aromatic rings. The second kappa shape index (κ2) is 11.3. The zero-order chi connectivity index (χ0) is 19.7. The molecule has 2 rings (SSSR count). The second-order valence-corrected chi connectivity index (χ2v) is 5.32. The third-order valence-electron chi connectivity index (χ3n) is 3.23. The van der Waals surface area contributed by atoms with Gasteiger partial charge in [0.15, 0.2) is 5.96 Å². The van der Waals surface area contributed by atoms with Gasteiger partial charge in [-0.2, -0.15) is 0 Å². The minimum Gasteiger partial charge on any atom is -0.406 e. The van der Waals surface area contributed by atoms with E-state index in [9.17, 15) is 18.0 Å².